The van der Waals surface area contributed by atoms with Gasteiger partial charge >= 0.3 is 0 Å². The molecule has 3 nitrogen and oxygen atoms in total. The van der Waals surface area contributed by atoms with E-state index in [1.54, 1.807) is 0 Å². The third-order valence-corrected chi connectivity index (χ3v) is 0.605. The van der Waals surface area contributed by atoms with E-state index in [0.29, 0.717) is 12.8 Å². The zero-order chi connectivity index (χ0) is 12.2. The first-order valence-electron chi connectivity index (χ1n) is 5.18. The zero-order valence-corrected chi connectivity index (χ0v) is 10.3. The predicted molar refractivity (Wildman–Crippen MR) is 62.5 cm³/mol. The van der Waals surface area contributed by atoms with Crippen LogP contribution < -0.4 is 5.73 Å². The fourth-order valence-electron chi connectivity index (χ4n) is 0. The summed E-state index contributed by atoms with van der Waals surface area (Å²) in [5.41, 5.74) is 5.03. The minimum absolute atomic E-state index is 0.625. The number of nitrogens with zero attached hydrogens (tertiary/aromatic N) is 2. The molecule has 0 amide bonds. The van der Waals surface area contributed by atoms with Crippen molar-refractivity contribution in [1.29, 1.82) is 10.5 Å². The van der Waals surface area contributed by atoms with Crippen LogP contribution in [0.4, 0.5) is 0 Å². The molecule has 0 aliphatic heterocycles. The summed E-state index contributed by atoms with van der Waals surface area (Å²) < 4.78 is 0. The summed E-state index contributed by atoms with van der Waals surface area (Å²) in [4.78, 5) is 0. The first-order valence-corrected chi connectivity index (χ1v) is 5.18. The number of hydrogen-bond acceptors (Lipinski definition) is 3. The van der Waals surface area contributed by atoms with Gasteiger partial charge in [-0.3, -0.25) is 0 Å². The van der Waals surface area contributed by atoms with Gasteiger partial charge in [0.15, 0.2) is 0 Å². The second-order valence-corrected chi connectivity index (χ2v) is 1.81. The van der Waals surface area contributed by atoms with Crippen LogP contribution in [0.15, 0.2) is 0 Å². The molecule has 0 bridgehead atoms. The predicted octanol–water partition coefficient (Wildman–Crippen LogP) is 3.22. The van der Waals surface area contributed by atoms with E-state index in [0.717, 1.165) is 13.0 Å². The smallest absolute Gasteiger partial charge is 0.0618 e. The minimum Gasteiger partial charge on any atom is -0.330 e. The molecule has 0 saturated carbocycles. The van der Waals surface area contributed by atoms with Crippen molar-refractivity contribution in [2.75, 3.05) is 6.54 Å². The van der Waals surface area contributed by atoms with E-state index in [1.807, 2.05) is 39.8 Å². The highest BCUT2D eigenvalue weighted by atomic mass is 14.5. The second kappa shape index (κ2) is 58.6. The van der Waals surface area contributed by atoms with E-state index >= 15 is 0 Å². The van der Waals surface area contributed by atoms with Crippen molar-refractivity contribution in [3.8, 4) is 12.1 Å². The molecule has 84 valence electrons. The van der Waals surface area contributed by atoms with Gasteiger partial charge in [0, 0.05) is 12.8 Å². The van der Waals surface area contributed by atoms with Crippen LogP contribution in [0.3, 0.4) is 0 Å². The van der Waals surface area contributed by atoms with Gasteiger partial charge in [-0.1, -0.05) is 34.6 Å². The Kier molecular flexibility index (Phi) is 96.5. The molecule has 0 saturated heterocycles. The topological polar surface area (TPSA) is 73.6 Å². The lowest BCUT2D eigenvalue weighted by molar-refractivity contribution is 0.932. The Labute approximate surface area is 89.5 Å². The van der Waals surface area contributed by atoms with Crippen LogP contribution in [-0.4, -0.2) is 6.54 Å². The van der Waals surface area contributed by atoms with E-state index in [-0.39, 0.29) is 0 Å². The Morgan fingerprint density at radius 3 is 1.07 bits per heavy atom. The van der Waals surface area contributed by atoms with Crippen molar-refractivity contribution in [1.82, 2.24) is 0 Å². The monoisotopic (exact) mass is 199 g/mol. The maximum atomic E-state index is 7.62. The van der Waals surface area contributed by atoms with Crippen LogP contribution in [0.1, 0.15) is 53.9 Å². The van der Waals surface area contributed by atoms with Gasteiger partial charge in [0.05, 0.1) is 12.1 Å². The largest absolute Gasteiger partial charge is 0.330 e. The highest BCUT2D eigenvalue weighted by molar-refractivity contribution is 4.62. The molecule has 0 atom stereocenters. The standard InChI is InChI=1S/C3H9N.2C3H5N.C2H6/c3*1-2-3-4;1-2/h2-4H2,1H3;2*2H2,1H3;1-2H3. The maximum absolute atomic E-state index is 7.62. The van der Waals surface area contributed by atoms with Crippen LogP contribution in [0, 0.1) is 22.7 Å². The molecule has 14 heavy (non-hydrogen) atoms. The van der Waals surface area contributed by atoms with Crippen LogP contribution in [0.25, 0.3) is 0 Å². The summed E-state index contributed by atoms with van der Waals surface area (Å²) in [6.45, 7) is 10.5. The van der Waals surface area contributed by atoms with Gasteiger partial charge in [0.25, 0.3) is 0 Å². The van der Waals surface area contributed by atoms with Crippen molar-refractivity contribution in [3.63, 3.8) is 0 Å². The van der Waals surface area contributed by atoms with E-state index < -0.39 is 0 Å². The van der Waals surface area contributed by atoms with E-state index in [9.17, 15) is 0 Å². The second-order valence-electron chi connectivity index (χ2n) is 1.81. The quantitative estimate of drug-likeness (QED) is 0.704. The lowest BCUT2D eigenvalue weighted by Crippen LogP contribution is -1.93. The fraction of sp³-hybridized carbons (Fsp3) is 0.818. The molecular formula is C11H25N3. The molecule has 0 aromatic carbocycles. The summed E-state index contributed by atoms with van der Waals surface area (Å²) in [6, 6.07) is 3.86. The number of nitriles is 2. The minimum atomic E-state index is 0.625. The molecular weight excluding hydrogens is 174 g/mol. The van der Waals surface area contributed by atoms with Gasteiger partial charge in [-0.2, -0.15) is 10.5 Å². The summed E-state index contributed by atoms with van der Waals surface area (Å²) in [6.07, 6.45) is 2.35. The lowest BCUT2D eigenvalue weighted by atomic mass is 10.5. The Hall–Kier alpha value is -1.06. The Morgan fingerprint density at radius 1 is 0.929 bits per heavy atom. The molecule has 0 aliphatic rings. The van der Waals surface area contributed by atoms with Crippen LogP contribution in [-0.2, 0) is 0 Å². The Morgan fingerprint density at radius 2 is 1.07 bits per heavy atom. The third-order valence-electron chi connectivity index (χ3n) is 0.605. The number of hydrogen-bond donors (Lipinski definition) is 1. The van der Waals surface area contributed by atoms with Crippen LogP contribution >= 0.6 is 0 Å². The highest BCUT2D eigenvalue weighted by Crippen LogP contribution is 1.58. The van der Waals surface area contributed by atoms with E-state index in [2.05, 4.69) is 6.92 Å². The summed E-state index contributed by atoms with van der Waals surface area (Å²) in [7, 11) is 0. The van der Waals surface area contributed by atoms with Crippen LogP contribution in [0.5, 0.6) is 0 Å². The first-order chi connectivity index (χ1) is 6.74. The van der Waals surface area contributed by atoms with Crippen molar-refractivity contribution in [2.24, 2.45) is 5.73 Å². The summed E-state index contributed by atoms with van der Waals surface area (Å²) >= 11 is 0. The molecule has 2 N–H and O–H groups in total. The molecule has 0 unspecified atom stereocenters. The van der Waals surface area contributed by atoms with Gasteiger partial charge < -0.3 is 5.73 Å². The molecule has 0 radical (unpaired) electrons. The maximum Gasteiger partial charge on any atom is 0.0618 e. The van der Waals surface area contributed by atoms with Gasteiger partial charge in [-0.25, -0.2) is 0 Å². The summed E-state index contributed by atoms with van der Waals surface area (Å²) in [5, 5.41) is 15.2. The Bertz CT molecular complexity index is 103. The molecule has 0 rings (SSSR count). The lowest BCUT2D eigenvalue weighted by Gasteiger charge is -1.70. The average Bonchev–Trinajstić information content (AvgIpc) is 2.31. The van der Waals surface area contributed by atoms with Gasteiger partial charge in [0.2, 0.25) is 0 Å². The molecule has 0 aliphatic carbocycles. The SMILES string of the molecule is CC.CCC#N.CCC#N.CCCN. The Balaban J connectivity index is -0.0000000492. The first kappa shape index (κ1) is 23.1. The molecule has 0 aromatic heterocycles. The number of nitrogens with two attached hydrogens (primary N) is 1. The van der Waals surface area contributed by atoms with Crippen LogP contribution in [0.2, 0.25) is 0 Å². The zero-order valence-electron chi connectivity index (χ0n) is 10.3. The molecule has 0 spiro atoms. The van der Waals surface area contributed by atoms with Crippen molar-refractivity contribution < 1.29 is 0 Å². The molecule has 0 fully saturated rings. The number of rotatable bonds is 1. The van der Waals surface area contributed by atoms with E-state index in [4.69, 9.17) is 16.3 Å². The van der Waals surface area contributed by atoms with Crippen molar-refractivity contribution >= 4 is 0 Å². The van der Waals surface area contributed by atoms with Crippen molar-refractivity contribution in [2.45, 2.75) is 53.9 Å². The van der Waals surface area contributed by atoms with Gasteiger partial charge in [0.1, 0.15) is 0 Å². The van der Waals surface area contributed by atoms with Gasteiger partial charge in [-0.15, -0.1) is 0 Å². The fourth-order valence-corrected chi connectivity index (χ4v) is 0. The third kappa shape index (κ3) is 287. The normalized spacial score (nSPS) is 5.43. The van der Waals surface area contributed by atoms with E-state index in [1.165, 1.54) is 0 Å². The van der Waals surface area contributed by atoms with Gasteiger partial charge in [-0.05, 0) is 13.0 Å². The molecule has 0 aromatic rings. The molecule has 3 heteroatoms. The molecule has 0 heterocycles. The summed E-state index contributed by atoms with van der Waals surface area (Å²) in [5.74, 6) is 0. The highest BCUT2D eigenvalue weighted by Gasteiger charge is 1.55. The average molecular weight is 199 g/mol. The van der Waals surface area contributed by atoms with Crippen molar-refractivity contribution in [3.05, 3.63) is 0 Å².